The number of fused-ring (bicyclic) bond motifs is 1. The van der Waals surface area contributed by atoms with Gasteiger partial charge in [-0.25, -0.2) is 0 Å². The van der Waals surface area contributed by atoms with Crippen molar-refractivity contribution in [2.75, 3.05) is 0 Å². The van der Waals surface area contributed by atoms with Gasteiger partial charge in [-0.3, -0.25) is 4.79 Å². The van der Waals surface area contributed by atoms with Crippen LogP contribution >= 0.6 is 0 Å². The molecular weight excluding hydrogens is 170 g/mol. The van der Waals surface area contributed by atoms with Gasteiger partial charge in [0.25, 0.3) is 5.91 Å². The first kappa shape index (κ1) is 7.67. The highest BCUT2D eigenvalue weighted by molar-refractivity contribution is 6.01. The summed E-state index contributed by atoms with van der Waals surface area (Å²) >= 11 is 0. The Labute approximate surface area is 73.6 Å². The molecule has 0 saturated carbocycles. The van der Waals surface area contributed by atoms with Crippen LogP contribution in [0.2, 0.25) is 0 Å². The Kier molecular flexibility index (Phi) is 1.48. The van der Waals surface area contributed by atoms with Gasteiger partial charge in [0.15, 0.2) is 0 Å². The van der Waals surface area contributed by atoms with Crippen LogP contribution in [-0.4, -0.2) is 11.0 Å². The number of amides is 1. The summed E-state index contributed by atoms with van der Waals surface area (Å²) in [5, 5.41) is 10.0. The maximum Gasteiger partial charge on any atom is 0.252 e. The Bertz CT molecular complexity index is 473. The standard InChI is InChI=1S/C9H7NO3/c10-9(12)6-1-2-7-5(8(6)11)3-4-13-7/h1-4,11H,(H2,10,12). The number of benzene rings is 1. The largest absolute Gasteiger partial charge is 0.506 e. The van der Waals surface area contributed by atoms with Crippen LogP contribution in [0.15, 0.2) is 28.9 Å². The van der Waals surface area contributed by atoms with Crippen LogP contribution in [-0.2, 0) is 0 Å². The van der Waals surface area contributed by atoms with E-state index in [9.17, 15) is 9.90 Å². The Morgan fingerprint density at radius 2 is 2.15 bits per heavy atom. The van der Waals surface area contributed by atoms with Gasteiger partial charge >= 0.3 is 0 Å². The fourth-order valence-corrected chi connectivity index (χ4v) is 1.23. The molecule has 0 aliphatic rings. The molecule has 0 fully saturated rings. The molecule has 13 heavy (non-hydrogen) atoms. The average Bonchev–Trinajstić information content (AvgIpc) is 2.52. The van der Waals surface area contributed by atoms with Crippen molar-refractivity contribution in [2.45, 2.75) is 0 Å². The second-order valence-corrected chi connectivity index (χ2v) is 2.66. The number of nitrogens with two attached hydrogens (primary N) is 1. The van der Waals surface area contributed by atoms with Gasteiger partial charge in [0.1, 0.15) is 11.3 Å². The minimum Gasteiger partial charge on any atom is -0.506 e. The topological polar surface area (TPSA) is 76.5 Å². The van der Waals surface area contributed by atoms with Gasteiger partial charge in [0.2, 0.25) is 0 Å². The third-order valence-corrected chi connectivity index (χ3v) is 1.87. The summed E-state index contributed by atoms with van der Waals surface area (Å²) in [4.78, 5) is 10.8. The second-order valence-electron chi connectivity index (χ2n) is 2.66. The van der Waals surface area contributed by atoms with Crippen LogP contribution in [0.5, 0.6) is 5.75 Å². The average molecular weight is 177 g/mol. The van der Waals surface area contributed by atoms with E-state index in [1.165, 1.54) is 12.3 Å². The highest BCUT2D eigenvalue weighted by Crippen LogP contribution is 2.28. The second kappa shape index (κ2) is 2.52. The van der Waals surface area contributed by atoms with Crippen molar-refractivity contribution < 1.29 is 14.3 Å². The number of furan rings is 1. The minimum absolute atomic E-state index is 0.105. The first-order chi connectivity index (χ1) is 6.20. The van der Waals surface area contributed by atoms with E-state index in [-0.39, 0.29) is 11.3 Å². The molecule has 4 nitrogen and oxygen atoms in total. The highest BCUT2D eigenvalue weighted by atomic mass is 16.3. The molecule has 1 aromatic carbocycles. The molecule has 3 N–H and O–H groups in total. The van der Waals surface area contributed by atoms with Crippen molar-refractivity contribution in [3.8, 4) is 5.75 Å². The smallest absolute Gasteiger partial charge is 0.252 e. The summed E-state index contributed by atoms with van der Waals surface area (Å²) < 4.78 is 5.02. The maximum absolute atomic E-state index is 10.8. The van der Waals surface area contributed by atoms with E-state index in [0.29, 0.717) is 11.0 Å². The lowest BCUT2D eigenvalue weighted by atomic mass is 10.1. The van der Waals surface area contributed by atoms with Crippen LogP contribution in [0, 0.1) is 0 Å². The van der Waals surface area contributed by atoms with Crippen molar-refractivity contribution in [2.24, 2.45) is 5.73 Å². The third kappa shape index (κ3) is 1.03. The summed E-state index contributed by atoms with van der Waals surface area (Å²) in [5.74, 6) is -0.778. The molecule has 1 amide bonds. The predicted molar refractivity (Wildman–Crippen MR) is 46.4 cm³/mol. The zero-order chi connectivity index (χ0) is 9.42. The molecule has 66 valence electrons. The van der Waals surface area contributed by atoms with E-state index in [1.54, 1.807) is 12.1 Å². The molecule has 0 bridgehead atoms. The lowest BCUT2D eigenvalue weighted by Crippen LogP contribution is -2.10. The van der Waals surface area contributed by atoms with Crippen molar-refractivity contribution >= 4 is 16.9 Å². The highest BCUT2D eigenvalue weighted by Gasteiger charge is 2.11. The van der Waals surface area contributed by atoms with Crippen molar-refractivity contribution in [1.82, 2.24) is 0 Å². The Morgan fingerprint density at radius 3 is 2.85 bits per heavy atom. The fraction of sp³-hybridized carbons (Fsp3) is 0. The van der Waals surface area contributed by atoms with E-state index in [2.05, 4.69) is 0 Å². The van der Waals surface area contributed by atoms with Gasteiger partial charge in [-0.15, -0.1) is 0 Å². The molecule has 0 atom stereocenters. The first-order valence-electron chi connectivity index (χ1n) is 3.69. The SMILES string of the molecule is NC(=O)c1ccc2occc2c1O. The van der Waals surface area contributed by atoms with E-state index in [4.69, 9.17) is 10.2 Å². The van der Waals surface area contributed by atoms with Gasteiger partial charge in [-0.2, -0.15) is 0 Å². The van der Waals surface area contributed by atoms with Crippen LogP contribution in [0.3, 0.4) is 0 Å². The van der Waals surface area contributed by atoms with Crippen molar-refractivity contribution in [3.05, 3.63) is 30.0 Å². The number of aromatic hydroxyl groups is 1. The molecule has 2 rings (SSSR count). The number of carbonyl (C=O) groups excluding carboxylic acids is 1. The van der Waals surface area contributed by atoms with Gasteiger partial charge in [0, 0.05) is 0 Å². The summed E-state index contributed by atoms with van der Waals surface area (Å²) in [5.41, 5.74) is 5.68. The van der Waals surface area contributed by atoms with Crippen LogP contribution < -0.4 is 5.73 Å². The lowest BCUT2D eigenvalue weighted by molar-refractivity contribution is 0.0998. The molecular formula is C9H7NO3. The Balaban J connectivity index is 2.80. The number of hydrogen-bond donors (Lipinski definition) is 2. The molecule has 4 heteroatoms. The Morgan fingerprint density at radius 1 is 1.38 bits per heavy atom. The summed E-state index contributed by atoms with van der Waals surface area (Å²) in [7, 11) is 0. The summed E-state index contributed by atoms with van der Waals surface area (Å²) in [6.07, 6.45) is 1.44. The van der Waals surface area contributed by atoms with E-state index >= 15 is 0 Å². The maximum atomic E-state index is 10.8. The van der Waals surface area contributed by atoms with E-state index in [0.717, 1.165) is 0 Å². The van der Waals surface area contributed by atoms with Crippen molar-refractivity contribution in [1.29, 1.82) is 0 Å². The predicted octanol–water partition coefficient (Wildman–Crippen LogP) is 1.24. The number of hydrogen-bond acceptors (Lipinski definition) is 3. The van der Waals surface area contributed by atoms with Crippen LogP contribution in [0.25, 0.3) is 11.0 Å². The van der Waals surface area contributed by atoms with Crippen LogP contribution in [0.4, 0.5) is 0 Å². The van der Waals surface area contributed by atoms with Gasteiger partial charge in [-0.1, -0.05) is 0 Å². The van der Waals surface area contributed by atoms with Crippen LogP contribution in [0.1, 0.15) is 10.4 Å². The molecule has 0 unspecified atom stereocenters. The van der Waals surface area contributed by atoms with E-state index in [1.807, 2.05) is 0 Å². The first-order valence-corrected chi connectivity index (χ1v) is 3.69. The number of phenols is 1. The minimum atomic E-state index is -0.652. The summed E-state index contributed by atoms with van der Waals surface area (Å²) in [6, 6.07) is 4.61. The molecule has 1 aromatic heterocycles. The molecule has 0 saturated heterocycles. The molecule has 0 aliphatic carbocycles. The number of carbonyl (C=O) groups is 1. The molecule has 0 radical (unpaired) electrons. The van der Waals surface area contributed by atoms with E-state index < -0.39 is 5.91 Å². The van der Waals surface area contributed by atoms with Gasteiger partial charge in [-0.05, 0) is 18.2 Å². The lowest BCUT2D eigenvalue weighted by Gasteiger charge is -1.99. The normalized spacial score (nSPS) is 10.5. The number of primary amides is 1. The number of rotatable bonds is 1. The quantitative estimate of drug-likeness (QED) is 0.687. The zero-order valence-corrected chi connectivity index (χ0v) is 6.65. The molecule has 1 heterocycles. The zero-order valence-electron chi connectivity index (χ0n) is 6.65. The third-order valence-electron chi connectivity index (χ3n) is 1.87. The summed E-state index contributed by atoms with van der Waals surface area (Å²) in [6.45, 7) is 0. The fourth-order valence-electron chi connectivity index (χ4n) is 1.23. The molecule has 2 aromatic rings. The van der Waals surface area contributed by atoms with Crippen molar-refractivity contribution in [3.63, 3.8) is 0 Å². The Hall–Kier alpha value is -1.97. The van der Waals surface area contributed by atoms with Gasteiger partial charge < -0.3 is 15.3 Å². The molecule has 0 aliphatic heterocycles. The monoisotopic (exact) mass is 177 g/mol. The molecule has 0 spiro atoms. The van der Waals surface area contributed by atoms with Gasteiger partial charge in [0.05, 0.1) is 17.2 Å².